The zero-order valence-corrected chi connectivity index (χ0v) is 26.5. The van der Waals surface area contributed by atoms with E-state index in [4.69, 9.17) is 18.9 Å². The van der Waals surface area contributed by atoms with Gasteiger partial charge in [0.1, 0.15) is 12.4 Å². The molecule has 1 aliphatic rings. The van der Waals surface area contributed by atoms with Crippen LogP contribution in [0.1, 0.15) is 56.0 Å². The molecule has 9 nitrogen and oxygen atoms in total. The first-order valence-corrected chi connectivity index (χ1v) is 15.3. The lowest BCUT2D eigenvalue weighted by Crippen LogP contribution is -2.40. The van der Waals surface area contributed by atoms with Gasteiger partial charge in [-0.2, -0.15) is 5.26 Å². The first-order chi connectivity index (χ1) is 21.7. The molecule has 3 aromatic carbocycles. The highest BCUT2D eigenvalue weighted by atomic mass is 32.1. The Bertz CT molecular complexity index is 2000. The third-order valence-corrected chi connectivity index (χ3v) is 8.05. The number of hydrogen-bond donors (Lipinski definition) is 0. The van der Waals surface area contributed by atoms with Gasteiger partial charge in [0.25, 0.3) is 5.56 Å². The second-order valence-corrected chi connectivity index (χ2v) is 11.5. The van der Waals surface area contributed by atoms with Crippen molar-refractivity contribution in [2.75, 3.05) is 13.7 Å². The van der Waals surface area contributed by atoms with Crippen LogP contribution in [0.5, 0.6) is 17.2 Å². The number of carbonyl (C=O) groups is 1. The maximum absolute atomic E-state index is 14.1. The number of aromatic nitrogens is 1. The van der Waals surface area contributed by atoms with Crippen LogP contribution in [0.15, 0.2) is 87.8 Å². The van der Waals surface area contributed by atoms with Crippen LogP contribution in [-0.4, -0.2) is 30.4 Å². The fourth-order valence-electron chi connectivity index (χ4n) is 5.07. The molecule has 1 aromatic heterocycles. The SMILES string of the molecule is CCOC(=O)C1=C(C)N=c2s/c(=C/c3cccc(OCc4ccccc4C#N)c3)c(=O)n2[C@@H]1c1ccc(OC(C)C)c(OC)c1. The molecule has 0 unspecified atom stereocenters. The molecule has 45 heavy (non-hydrogen) atoms. The number of esters is 1. The van der Waals surface area contributed by atoms with Gasteiger partial charge in [-0.3, -0.25) is 9.36 Å². The van der Waals surface area contributed by atoms with Crippen molar-refractivity contribution in [3.05, 3.63) is 120 Å². The Hall–Kier alpha value is -5.14. The van der Waals surface area contributed by atoms with Crippen LogP contribution < -0.4 is 29.1 Å². The van der Waals surface area contributed by atoms with Crippen LogP contribution in [0.4, 0.5) is 0 Å². The van der Waals surface area contributed by atoms with Crippen molar-refractivity contribution in [3.63, 3.8) is 0 Å². The average molecular weight is 624 g/mol. The van der Waals surface area contributed by atoms with E-state index in [1.54, 1.807) is 45.2 Å². The predicted octanol–water partition coefficient (Wildman–Crippen LogP) is 5.04. The molecule has 4 aromatic rings. The average Bonchev–Trinajstić information content (AvgIpc) is 3.33. The van der Waals surface area contributed by atoms with Crippen molar-refractivity contribution in [2.45, 2.75) is 46.4 Å². The lowest BCUT2D eigenvalue weighted by Gasteiger charge is -2.25. The summed E-state index contributed by atoms with van der Waals surface area (Å²) in [4.78, 5) is 32.5. The van der Waals surface area contributed by atoms with E-state index in [1.165, 1.54) is 15.9 Å². The minimum absolute atomic E-state index is 0.0723. The lowest BCUT2D eigenvalue weighted by atomic mass is 9.95. The summed E-state index contributed by atoms with van der Waals surface area (Å²) >= 11 is 1.24. The molecule has 1 aliphatic heterocycles. The van der Waals surface area contributed by atoms with Crippen molar-refractivity contribution in [3.8, 4) is 23.3 Å². The smallest absolute Gasteiger partial charge is 0.338 e. The number of fused-ring (bicyclic) bond motifs is 1. The Balaban J connectivity index is 1.57. The van der Waals surface area contributed by atoms with Gasteiger partial charge in [0, 0.05) is 5.56 Å². The molecule has 0 aliphatic carbocycles. The van der Waals surface area contributed by atoms with Crippen molar-refractivity contribution < 1.29 is 23.7 Å². The first kappa shape index (κ1) is 31.3. The van der Waals surface area contributed by atoms with Gasteiger partial charge >= 0.3 is 5.97 Å². The minimum atomic E-state index is -0.792. The van der Waals surface area contributed by atoms with Crippen LogP contribution in [0.25, 0.3) is 6.08 Å². The summed E-state index contributed by atoms with van der Waals surface area (Å²) in [5, 5.41) is 9.38. The van der Waals surface area contributed by atoms with Crippen molar-refractivity contribution in [1.82, 2.24) is 4.57 Å². The first-order valence-electron chi connectivity index (χ1n) is 14.5. The number of ether oxygens (including phenoxy) is 4. The number of nitriles is 1. The van der Waals surface area contributed by atoms with Gasteiger partial charge in [-0.1, -0.05) is 47.7 Å². The van der Waals surface area contributed by atoms with Crippen LogP contribution in [0, 0.1) is 11.3 Å². The van der Waals surface area contributed by atoms with E-state index >= 15 is 0 Å². The zero-order valence-electron chi connectivity index (χ0n) is 25.7. The fraction of sp³-hybridized carbons (Fsp3) is 0.257. The number of hydrogen-bond acceptors (Lipinski definition) is 9. The summed E-state index contributed by atoms with van der Waals surface area (Å²) in [5.41, 5.74) is 3.20. The van der Waals surface area contributed by atoms with E-state index < -0.39 is 12.0 Å². The molecule has 0 bridgehead atoms. The molecule has 0 radical (unpaired) electrons. The van der Waals surface area contributed by atoms with Gasteiger partial charge in [0.15, 0.2) is 16.3 Å². The molecule has 0 amide bonds. The lowest BCUT2D eigenvalue weighted by molar-refractivity contribution is -0.139. The third kappa shape index (κ3) is 6.69. The monoisotopic (exact) mass is 623 g/mol. The molecule has 0 fully saturated rings. The van der Waals surface area contributed by atoms with Gasteiger partial charge in [0.2, 0.25) is 0 Å². The molecule has 0 saturated heterocycles. The Labute approximate surface area is 264 Å². The van der Waals surface area contributed by atoms with E-state index in [2.05, 4.69) is 11.1 Å². The van der Waals surface area contributed by atoms with Gasteiger partial charge in [0.05, 0.1) is 53.3 Å². The molecule has 0 saturated carbocycles. The Morgan fingerprint density at radius 3 is 2.64 bits per heavy atom. The molecule has 10 heteroatoms. The number of allylic oxidation sites excluding steroid dienone is 1. The highest BCUT2D eigenvalue weighted by Crippen LogP contribution is 2.36. The van der Waals surface area contributed by atoms with Crippen molar-refractivity contribution >= 4 is 23.4 Å². The van der Waals surface area contributed by atoms with E-state index in [0.29, 0.717) is 43.4 Å². The van der Waals surface area contributed by atoms with Crippen LogP contribution in [-0.2, 0) is 16.1 Å². The van der Waals surface area contributed by atoms with Crippen LogP contribution in [0.2, 0.25) is 0 Å². The molecule has 2 heterocycles. The molecule has 1 atom stereocenters. The Morgan fingerprint density at radius 1 is 1.11 bits per heavy atom. The quantitative estimate of drug-likeness (QED) is 0.228. The number of rotatable bonds is 10. The minimum Gasteiger partial charge on any atom is -0.493 e. The van der Waals surface area contributed by atoms with Crippen molar-refractivity contribution in [1.29, 1.82) is 5.26 Å². The summed E-state index contributed by atoms with van der Waals surface area (Å²) in [6.45, 7) is 7.74. The van der Waals surface area contributed by atoms with E-state index in [-0.39, 0.29) is 30.5 Å². The Morgan fingerprint density at radius 2 is 1.91 bits per heavy atom. The second-order valence-electron chi connectivity index (χ2n) is 10.5. The number of benzene rings is 3. The summed E-state index contributed by atoms with van der Waals surface area (Å²) in [6.07, 6.45) is 1.71. The number of nitrogens with zero attached hydrogens (tertiary/aromatic N) is 3. The Kier molecular flexibility index (Phi) is 9.50. The maximum atomic E-state index is 14.1. The maximum Gasteiger partial charge on any atom is 0.338 e. The van der Waals surface area contributed by atoms with Gasteiger partial charge in [-0.25, -0.2) is 9.79 Å². The van der Waals surface area contributed by atoms with Crippen LogP contribution in [0.3, 0.4) is 0 Å². The topological polar surface area (TPSA) is 112 Å². The zero-order chi connectivity index (χ0) is 32.1. The molecule has 0 spiro atoms. The summed E-state index contributed by atoms with van der Waals surface area (Å²) in [6, 6.07) is 21.4. The molecule has 0 N–H and O–H groups in total. The second kappa shape index (κ2) is 13.7. The largest absolute Gasteiger partial charge is 0.493 e. The molecular formula is C35H33N3O6S. The van der Waals surface area contributed by atoms with Crippen molar-refractivity contribution in [2.24, 2.45) is 4.99 Å². The summed E-state index contributed by atoms with van der Waals surface area (Å²) in [5.74, 6) is 1.09. The highest BCUT2D eigenvalue weighted by Gasteiger charge is 2.34. The predicted molar refractivity (Wildman–Crippen MR) is 171 cm³/mol. The molecular weight excluding hydrogens is 590 g/mol. The third-order valence-electron chi connectivity index (χ3n) is 7.07. The van der Waals surface area contributed by atoms with Gasteiger partial charge in [-0.05, 0) is 75.2 Å². The van der Waals surface area contributed by atoms with Gasteiger partial charge in [-0.15, -0.1) is 0 Å². The normalized spacial score (nSPS) is 14.4. The van der Waals surface area contributed by atoms with Crippen LogP contribution >= 0.6 is 11.3 Å². The molecule has 230 valence electrons. The standard InChI is InChI=1S/C35H33N3O6S/c1-6-42-34(40)31-22(4)37-35-38(32(31)24-14-15-28(44-21(2)3)29(18-24)41-5)33(39)30(45-35)17-23-10-9-13-27(16-23)43-20-26-12-8-7-11-25(26)19-36/h7-18,21,32H,6,20H2,1-5H3/b30-17+/t32-/m1/s1. The van der Waals surface area contributed by atoms with Gasteiger partial charge < -0.3 is 18.9 Å². The molecule has 5 rings (SSSR count). The van der Waals surface area contributed by atoms with E-state index in [1.807, 2.05) is 62.4 Å². The summed E-state index contributed by atoms with van der Waals surface area (Å²) in [7, 11) is 1.55. The number of thiazole rings is 1. The fourth-order valence-corrected chi connectivity index (χ4v) is 6.12. The number of carbonyl (C=O) groups excluding carboxylic acids is 1. The summed E-state index contributed by atoms with van der Waals surface area (Å²) < 4.78 is 24.9. The van der Waals surface area contributed by atoms with E-state index in [0.717, 1.165) is 11.1 Å². The van der Waals surface area contributed by atoms with E-state index in [9.17, 15) is 14.9 Å². The number of methoxy groups -OCH3 is 1. The highest BCUT2D eigenvalue weighted by molar-refractivity contribution is 7.07.